The third kappa shape index (κ3) is 5.15. The fourth-order valence-corrected chi connectivity index (χ4v) is 2.62. The number of benzene rings is 2. The van der Waals surface area contributed by atoms with Gasteiger partial charge in [0.25, 0.3) is 5.91 Å². The molecule has 0 aliphatic carbocycles. The predicted octanol–water partition coefficient (Wildman–Crippen LogP) is 4.99. The van der Waals surface area contributed by atoms with Crippen LogP contribution in [0.5, 0.6) is 11.5 Å². The van der Waals surface area contributed by atoms with Gasteiger partial charge in [0.2, 0.25) is 0 Å². The number of halogens is 3. The molecule has 0 radical (unpaired) electrons. The number of ether oxygens (including phenoxy) is 2. The summed E-state index contributed by atoms with van der Waals surface area (Å²) in [7, 11) is 0. The number of carbonyl (C=O) groups is 1. The molecule has 146 valence electrons. The van der Waals surface area contributed by atoms with Crippen LogP contribution in [0.2, 0.25) is 0 Å². The first kappa shape index (κ1) is 20.6. The molecule has 0 fully saturated rings. The van der Waals surface area contributed by atoms with Crippen molar-refractivity contribution in [1.29, 1.82) is 0 Å². The molecule has 0 aliphatic heterocycles. The van der Waals surface area contributed by atoms with Gasteiger partial charge in [-0.2, -0.15) is 13.2 Å². The fourth-order valence-electron chi connectivity index (χ4n) is 2.62. The Morgan fingerprint density at radius 2 is 1.67 bits per heavy atom. The first-order valence-electron chi connectivity index (χ1n) is 8.64. The summed E-state index contributed by atoms with van der Waals surface area (Å²) in [6, 6.07) is 9.37. The van der Waals surface area contributed by atoms with Crippen molar-refractivity contribution >= 4 is 5.91 Å². The second-order valence-corrected chi connectivity index (χ2v) is 5.81. The van der Waals surface area contributed by atoms with E-state index in [1.165, 1.54) is 12.1 Å². The van der Waals surface area contributed by atoms with E-state index in [-0.39, 0.29) is 0 Å². The quantitative estimate of drug-likeness (QED) is 0.735. The monoisotopic (exact) mass is 381 g/mol. The summed E-state index contributed by atoms with van der Waals surface area (Å²) in [5, 5.41) is 2.61. The van der Waals surface area contributed by atoms with E-state index in [4.69, 9.17) is 9.47 Å². The van der Waals surface area contributed by atoms with Crippen LogP contribution >= 0.6 is 0 Å². The third-order valence-electron chi connectivity index (χ3n) is 3.89. The Hall–Kier alpha value is -2.70. The highest BCUT2D eigenvalue weighted by molar-refractivity contribution is 5.96. The lowest BCUT2D eigenvalue weighted by Crippen LogP contribution is -2.28. The van der Waals surface area contributed by atoms with Crippen LogP contribution in [0.3, 0.4) is 0 Å². The number of amides is 1. The smallest absolute Gasteiger partial charge is 0.417 e. The maximum Gasteiger partial charge on any atom is 0.417 e. The van der Waals surface area contributed by atoms with Gasteiger partial charge in [-0.1, -0.05) is 18.2 Å². The normalized spacial score (nSPS) is 12.4. The molecule has 0 heterocycles. The van der Waals surface area contributed by atoms with Gasteiger partial charge in [0.15, 0.2) is 11.5 Å². The molecule has 2 aromatic rings. The summed E-state index contributed by atoms with van der Waals surface area (Å²) in [5.74, 6) is 0.306. The molecule has 1 atom stereocenters. The highest BCUT2D eigenvalue weighted by Crippen LogP contribution is 2.33. The Morgan fingerprint density at radius 3 is 2.30 bits per heavy atom. The highest BCUT2D eigenvalue weighted by Gasteiger charge is 2.35. The molecule has 1 amide bonds. The minimum Gasteiger partial charge on any atom is -0.490 e. The van der Waals surface area contributed by atoms with Gasteiger partial charge in [0, 0.05) is 0 Å². The molecule has 7 heteroatoms. The molecule has 0 spiro atoms. The Bertz CT molecular complexity index is 790. The Balaban J connectivity index is 2.24. The maximum absolute atomic E-state index is 13.1. The van der Waals surface area contributed by atoms with Gasteiger partial charge in [-0.25, -0.2) is 0 Å². The number of hydrogen-bond donors (Lipinski definition) is 1. The largest absolute Gasteiger partial charge is 0.490 e. The number of rotatable bonds is 7. The summed E-state index contributed by atoms with van der Waals surface area (Å²) >= 11 is 0. The molecule has 0 bridgehead atoms. The Morgan fingerprint density at radius 1 is 1.04 bits per heavy atom. The summed E-state index contributed by atoms with van der Waals surface area (Å²) in [6.07, 6.45) is -4.60. The van der Waals surface area contributed by atoms with Crippen molar-refractivity contribution in [2.45, 2.75) is 33.0 Å². The minimum absolute atomic E-state index is 0.409. The lowest BCUT2D eigenvalue weighted by Gasteiger charge is -2.19. The van der Waals surface area contributed by atoms with Gasteiger partial charge in [0.05, 0.1) is 30.4 Å². The second-order valence-electron chi connectivity index (χ2n) is 5.81. The average molecular weight is 381 g/mol. The van der Waals surface area contributed by atoms with Gasteiger partial charge in [-0.05, 0) is 50.6 Å². The van der Waals surface area contributed by atoms with Gasteiger partial charge in [-0.15, -0.1) is 0 Å². The van der Waals surface area contributed by atoms with E-state index in [1.807, 2.05) is 13.8 Å². The zero-order valence-electron chi connectivity index (χ0n) is 15.4. The fraction of sp³-hybridized carbons (Fsp3) is 0.350. The van der Waals surface area contributed by atoms with Crippen LogP contribution in [0.1, 0.15) is 48.3 Å². The molecule has 0 saturated carbocycles. The van der Waals surface area contributed by atoms with E-state index in [1.54, 1.807) is 25.1 Å². The molecule has 0 unspecified atom stereocenters. The predicted molar refractivity (Wildman–Crippen MR) is 96.1 cm³/mol. The molecule has 4 nitrogen and oxygen atoms in total. The Kier molecular flexibility index (Phi) is 6.71. The van der Waals surface area contributed by atoms with E-state index in [0.29, 0.717) is 30.3 Å². The summed E-state index contributed by atoms with van der Waals surface area (Å²) in [4.78, 5) is 12.4. The molecule has 0 aliphatic rings. The lowest BCUT2D eigenvalue weighted by molar-refractivity contribution is -0.137. The zero-order chi connectivity index (χ0) is 20.0. The summed E-state index contributed by atoms with van der Waals surface area (Å²) in [6.45, 7) is 6.29. The van der Waals surface area contributed by atoms with Gasteiger partial charge in [-0.3, -0.25) is 4.79 Å². The number of hydrogen-bond acceptors (Lipinski definition) is 3. The molecule has 27 heavy (non-hydrogen) atoms. The molecule has 1 N–H and O–H groups in total. The van der Waals surface area contributed by atoms with Crippen molar-refractivity contribution in [2.24, 2.45) is 0 Å². The van der Waals surface area contributed by atoms with Crippen LogP contribution in [0.25, 0.3) is 0 Å². The highest BCUT2D eigenvalue weighted by atomic mass is 19.4. The average Bonchev–Trinajstić information content (AvgIpc) is 2.62. The van der Waals surface area contributed by atoms with Crippen LogP contribution in [0.15, 0.2) is 42.5 Å². The molecule has 0 aromatic heterocycles. The van der Waals surface area contributed by atoms with Crippen LogP contribution in [0.4, 0.5) is 13.2 Å². The number of carbonyl (C=O) groups excluding carboxylic acids is 1. The van der Waals surface area contributed by atoms with Gasteiger partial charge < -0.3 is 14.8 Å². The summed E-state index contributed by atoms with van der Waals surface area (Å²) in [5.41, 5.74) is -0.677. The molecule has 2 rings (SSSR count). The van der Waals surface area contributed by atoms with E-state index in [2.05, 4.69) is 5.32 Å². The standard InChI is InChI=1S/C20H22F3NO3/c1-4-26-17-11-10-14(12-18(17)27-5-2)13(3)24-19(25)15-8-6-7-9-16(15)20(21,22)23/h6-13H,4-5H2,1-3H3,(H,24,25)/t13-/m0/s1. The van der Waals surface area contributed by atoms with Crippen molar-refractivity contribution < 1.29 is 27.4 Å². The van der Waals surface area contributed by atoms with E-state index in [9.17, 15) is 18.0 Å². The molecular weight excluding hydrogens is 359 g/mol. The molecule has 0 saturated heterocycles. The van der Waals surface area contributed by atoms with Gasteiger partial charge >= 0.3 is 6.18 Å². The van der Waals surface area contributed by atoms with Crippen molar-refractivity contribution in [3.05, 3.63) is 59.2 Å². The van der Waals surface area contributed by atoms with E-state index in [0.717, 1.165) is 12.1 Å². The summed E-state index contributed by atoms with van der Waals surface area (Å²) < 4.78 is 50.4. The Labute approximate surface area is 156 Å². The van der Waals surface area contributed by atoms with Crippen LogP contribution in [-0.2, 0) is 6.18 Å². The first-order valence-corrected chi connectivity index (χ1v) is 8.64. The first-order chi connectivity index (χ1) is 12.8. The van der Waals surface area contributed by atoms with Crippen molar-refractivity contribution in [3.63, 3.8) is 0 Å². The van der Waals surface area contributed by atoms with Crippen molar-refractivity contribution in [1.82, 2.24) is 5.32 Å². The minimum atomic E-state index is -4.60. The van der Waals surface area contributed by atoms with Crippen LogP contribution in [-0.4, -0.2) is 19.1 Å². The number of alkyl halides is 3. The SMILES string of the molecule is CCOc1ccc([C@H](C)NC(=O)c2ccccc2C(F)(F)F)cc1OCC. The third-order valence-corrected chi connectivity index (χ3v) is 3.89. The zero-order valence-corrected chi connectivity index (χ0v) is 15.4. The van der Waals surface area contributed by atoms with Crippen molar-refractivity contribution in [3.8, 4) is 11.5 Å². The van der Waals surface area contributed by atoms with E-state index < -0.39 is 29.3 Å². The second kappa shape index (κ2) is 8.79. The lowest BCUT2D eigenvalue weighted by atomic mass is 10.0. The van der Waals surface area contributed by atoms with Crippen molar-refractivity contribution in [2.75, 3.05) is 13.2 Å². The van der Waals surface area contributed by atoms with Crippen LogP contribution in [0, 0.1) is 0 Å². The van der Waals surface area contributed by atoms with Crippen LogP contribution < -0.4 is 14.8 Å². The van der Waals surface area contributed by atoms with Gasteiger partial charge in [0.1, 0.15) is 0 Å². The van der Waals surface area contributed by atoms with E-state index >= 15 is 0 Å². The number of nitrogens with one attached hydrogen (secondary N) is 1. The topological polar surface area (TPSA) is 47.6 Å². The molecule has 2 aromatic carbocycles. The molecular formula is C20H22F3NO3. The maximum atomic E-state index is 13.1.